The average molecular weight is 582 g/mol. The fourth-order valence-corrected chi connectivity index (χ4v) is 4.84. The minimum absolute atomic E-state index is 0.0721. The SMILES string of the molecule is [B]c1ccc(C(C)NC(=O)C(=O)Nc2ccc(Oc3ccnc4cc(OCC5CCNCC5)c(OC)cc34)c(F)c2)cc1. The van der Waals surface area contributed by atoms with Gasteiger partial charge < -0.3 is 30.2 Å². The lowest BCUT2D eigenvalue weighted by Crippen LogP contribution is -2.37. The number of pyridine rings is 1. The number of fused-ring (bicyclic) bond motifs is 1. The Morgan fingerprint density at radius 1 is 1.00 bits per heavy atom. The average Bonchev–Trinajstić information content (AvgIpc) is 3.01. The first-order valence-electron chi connectivity index (χ1n) is 14.1. The highest BCUT2D eigenvalue weighted by atomic mass is 19.1. The third-order valence-electron chi connectivity index (χ3n) is 7.32. The molecule has 0 spiro atoms. The maximum Gasteiger partial charge on any atom is 0.313 e. The van der Waals surface area contributed by atoms with E-state index < -0.39 is 23.7 Å². The number of nitrogens with zero attached hydrogens (tertiary/aromatic N) is 1. The molecular formula is C32H32BFN4O5. The summed E-state index contributed by atoms with van der Waals surface area (Å²) < 4.78 is 32.7. The first kappa shape index (κ1) is 29.8. The van der Waals surface area contributed by atoms with Crippen LogP contribution >= 0.6 is 0 Å². The van der Waals surface area contributed by atoms with Crippen molar-refractivity contribution >= 4 is 41.7 Å². The molecule has 1 fully saturated rings. The summed E-state index contributed by atoms with van der Waals surface area (Å²) in [6.07, 6.45) is 3.67. The molecule has 3 aromatic carbocycles. The quantitative estimate of drug-likeness (QED) is 0.201. The molecule has 220 valence electrons. The number of aromatic nitrogens is 1. The lowest BCUT2D eigenvalue weighted by molar-refractivity contribution is -0.136. The molecule has 0 aliphatic carbocycles. The zero-order valence-corrected chi connectivity index (χ0v) is 24.0. The largest absolute Gasteiger partial charge is 0.493 e. The predicted octanol–water partition coefficient (Wildman–Crippen LogP) is 4.16. The Morgan fingerprint density at radius 2 is 1.77 bits per heavy atom. The lowest BCUT2D eigenvalue weighted by Gasteiger charge is -2.23. The predicted molar refractivity (Wildman–Crippen MR) is 163 cm³/mol. The Hall–Kier alpha value is -4.64. The van der Waals surface area contributed by atoms with Crippen molar-refractivity contribution in [3.63, 3.8) is 0 Å². The molecule has 0 saturated carbocycles. The molecule has 11 heteroatoms. The summed E-state index contributed by atoms with van der Waals surface area (Å²) in [6.45, 7) is 4.28. The van der Waals surface area contributed by atoms with Gasteiger partial charge in [0, 0.05) is 29.4 Å². The van der Waals surface area contributed by atoms with Crippen LogP contribution in [0.5, 0.6) is 23.0 Å². The molecule has 1 atom stereocenters. The van der Waals surface area contributed by atoms with Gasteiger partial charge in [-0.15, -0.1) is 0 Å². The fourth-order valence-electron chi connectivity index (χ4n) is 4.84. The van der Waals surface area contributed by atoms with Crippen LogP contribution in [0, 0.1) is 11.7 Å². The number of benzene rings is 3. The molecule has 2 heterocycles. The van der Waals surface area contributed by atoms with Crippen LogP contribution in [-0.2, 0) is 9.59 Å². The number of ether oxygens (including phenoxy) is 3. The van der Waals surface area contributed by atoms with Crippen molar-refractivity contribution in [2.45, 2.75) is 25.8 Å². The summed E-state index contributed by atoms with van der Waals surface area (Å²) >= 11 is 0. The van der Waals surface area contributed by atoms with Crippen LogP contribution in [0.3, 0.4) is 0 Å². The molecule has 43 heavy (non-hydrogen) atoms. The number of carbonyl (C=O) groups is 2. The number of hydrogen-bond acceptors (Lipinski definition) is 7. The van der Waals surface area contributed by atoms with E-state index in [1.807, 2.05) is 0 Å². The van der Waals surface area contributed by atoms with Gasteiger partial charge in [-0.2, -0.15) is 0 Å². The molecule has 2 radical (unpaired) electrons. The Balaban J connectivity index is 1.25. The van der Waals surface area contributed by atoms with Gasteiger partial charge in [-0.3, -0.25) is 14.6 Å². The maximum atomic E-state index is 15.1. The van der Waals surface area contributed by atoms with Crippen LogP contribution in [0.15, 0.2) is 66.9 Å². The van der Waals surface area contributed by atoms with Crippen molar-refractivity contribution in [2.75, 3.05) is 32.1 Å². The molecule has 1 aliphatic rings. The van der Waals surface area contributed by atoms with Crippen LogP contribution < -0.4 is 35.6 Å². The van der Waals surface area contributed by atoms with Crippen LogP contribution in [0.25, 0.3) is 10.9 Å². The molecular weight excluding hydrogens is 550 g/mol. The zero-order valence-electron chi connectivity index (χ0n) is 24.0. The van der Waals surface area contributed by atoms with Gasteiger partial charge in [0.05, 0.1) is 25.3 Å². The van der Waals surface area contributed by atoms with E-state index in [2.05, 4.69) is 20.9 Å². The second-order valence-corrected chi connectivity index (χ2v) is 10.4. The molecule has 9 nitrogen and oxygen atoms in total. The van der Waals surface area contributed by atoms with Gasteiger partial charge in [-0.25, -0.2) is 4.39 Å². The van der Waals surface area contributed by atoms with Gasteiger partial charge in [-0.1, -0.05) is 29.7 Å². The van der Waals surface area contributed by atoms with Crippen molar-refractivity contribution in [3.8, 4) is 23.0 Å². The van der Waals surface area contributed by atoms with E-state index in [0.29, 0.717) is 46.1 Å². The molecule has 1 saturated heterocycles. The molecule has 3 N–H and O–H groups in total. The minimum Gasteiger partial charge on any atom is -0.493 e. The van der Waals surface area contributed by atoms with E-state index in [9.17, 15) is 9.59 Å². The second-order valence-electron chi connectivity index (χ2n) is 10.4. The number of halogens is 1. The first-order valence-corrected chi connectivity index (χ1v) is 14.1. The number of methoxy groups -OCH3 is 1. The summed E-state index contributed by atoms with van der Waals surface area (Å²) in [5.74, 6) is -0.669. The number of nitrogens with one attached hydrogen (secondary N) is 3. The second kappa shape index (κ2) is 13.6. The van der Waals surface area contributed by atoms with Gasteiger partial charge >= 0.3 is 11.8 Å². The van der Waals surface area contributed by atoms with E-state index in [0.717, 1.165) is 37.6 Å². The van der Waals surface area contributed by atoms with Crippen molar-refractivity contribution in [1.29, 1.82) is 0 Å². The van der Waals surface area contributed by atoms with E-state index in [4.69, 9.17) is 22.1 Å². The standard InChI is InChI=1S/C32H32BFN4O5/c1-19(21-3-5-22(33)6-4-21)37-31(39)32(40)38-23-7-8-28(25(34)15-23)43-27-11-14-36-26-17-30(29(41-2)16-24(26)27)42-18-20-9-12-35-13-10-20/h3-8,11,14-17,19-20,35H,9-10,12-13,18H2,1-2H3,(H,37,39)(H,38,40). The van der Waals surface area contributed by atoms with E-state index in [-0.39, 0.29) is 11.4 Å². The molecule has 1 aromatic heterocycles. The van der Waals surface area contributed by atoms with E-state index >= 15 is 4.39 Å². The summed E-state index contributed by atoms with van der Waals surface area (Å²) in [5, 5.41) is 8.98. The number of rotatable bonds is 9. The monoisotopic (exact) mass is 582 g/mol. The Labute approximate surface area is 250 Å². The van der Waals surface area contributed by atoms with Crippen molar-refractivity contribution in [2.24, 2.45) is 5.92 Å². The van der Waals surface area contributed by atoms with Gasteiger partial charge in [-0.05, 0) is 68.6 Å². The Kier molecular flexibility index (Phi) is 9.41. The summed E-state index contributed by atoms with van der Waals surface area (Å²) in [6, 6.07) is 15.6. The molecule has 1 unspecified atom stereocenters. The molecule has 0 bridgehead atoms. The number of piperidine rings is 1. The fraction of sp³-hybridized carbons (Fsp3) is 0.281. The number of amides is 2. The highest BCUT2D eigenvalue weighted by Crippen LogP contribution is 2.38. The maximum absolute atomic E-state index is 15.1. The third kappa shape index (κ3) is 7.42. The topological polar surface area (TPSA) is 111 Å². The van der Waals surface area contributed by atoms with Gasteiger partial charge in [0.25, 0.3) is 0 Å². The zero-order chi connectivity index (χ0) is 30.3. The van der Waals surface area contributed by atoms with Gasteiger partial charge in [0.1, 0.15) is 13.6 Å². The minimum atomic E-state index is -0.930. The normalized spacial score (nSPS) is 14.1. The van der Waals surface area contributed by atoms with Crippen molar-refractivity contribution < 1.29 is 28.2 Å². The molecule has 2 amide bonds. The molecule has 4 aromatic rings. The summed E-state index contributed by atoms with van der Waals surface area (Å²) in [7, 11) is 7.25. The van der Waals surface area contributed by atoms with E-state index in [1.165, 1.54) is 12.1 Å². The van der Waals surface area contributed by atoms with Crippen LogP contribution in [0.2, 0.25) is 0 Å². The highest BCUT2D eigenvalue weighted by molar-refractivity contribution is 6.39. The Morgan fingerprint density at radius 3 is 2.49 bits per heavy atom. The smallest absolute Gasteiger partial charge is 0.313 e. The first-order chi connectivity index (χ1) is 20.8. The van der Waals surface area contributed by atoms with Crippen molar-refractivity contribution in [1.82, 2.24) is 15.6 Å². The number of carbonyl (C=O) groups excluding carboxylic acids is 2. The Bertz CT molecular complexity index is 1610. The summed E-state index contributed by atoms with van der Waals surface area (Å²) in [5.41, 5.74) is 2.07. The third-order valence-corrected chi connectivity index (χ3v) is 7.32. The number of hydrogen-bond donors (Lipinski definition) is 3. The summed E-state index contributed by atoms with van der Waals surface area (Å²) in [4.78, 5) is 29.3. The van der Waals surface area contributed by atoms with Crippen LogP contribution in [0.4, 0.5) is 10.1 Å². The van der Waals surface area contributed by atoms with Gasteiger partial charge in [0.15, 0.2) is 23.1 Å². The lowest BCUT2D eigenvalue weighted by atomic mass is 9.94. The molecule has 5 rings (SSSR count). The van der Waals surface area contributed by atoms with Crippen LogP contribution in [0.1, 0.15) is 31.4 Å². The van der Waals surface area contributed by atoms with Crippen molar-refractivity contribution in [3.05, 3.63) is 78.2 Å². The van der Waals surface area contributed by atoms with Gasteiger partial charge in [0.2, 0.25) is 0 Å². The number of anilines is 1. The molecule has 1 aliphatic heterocycles. The highest BCUT2D eigenvalue weighted by Gasteiger charge is 2.20. The van der Waals surface area contributed by atoms with E-state index in [1.54, 1.807) is 62.7 Å². The van der Waals surface area contributed by atoms with Crippen LogP contribution in [-0.4, -0.2) is 51.5 Å².